The molecule has 0 saturated carbocycles. The molecule has 0 bridgehead atoms. The van der Waals surface area contributed by atoms with Gasteiger partial charge in [0.1, 0.15) is 11.0 Å². The Bertz CT molecular complexity index is 944. The van der Waals surface area contributed by atoms with Gasteiger partial charge in [0.15, 0.2) is 0 Å². The fraction of sp³-hybridized carbons (Fsp3) is 0.273. The van der Waals surface area contributed by atoms with Crippen LogP contribution in [-0.2, 0) is 13.0 Å². The molecule has 0 aliphatic heterocycles. The van der Waals surface area contributed by atoms with Crippen LogP contribution < -0.4 is 11.4 Å². The molecule has 1 heterocycles. The zero-order valence-electron chi connectivity index (χ0n) is 16.3. The van der Waals surface area contributed by atoms with Crippen molar-refractivity contribution in [3.63, 3.8) is 0 Å². The van der Waals surface area contributed by atoms with E-state index >= 15 is 0 Å². The highest BCUT2D eigenvalue weighted by atomic mass is 35.5. The van der Waals surface area contributed by atoms with E-state index in [2.05, 4.69) is 57.4 Å². The van der Waals surface area contributed by atoms with Gasteiger partial charge in [0.2, 0.25) is 0 Å². The first-order chi connectivity index (χ1) is 13.6. The van der Waals surface area contributed by atoms with Crippen molar-refractivity contribution in [3.8, 4) is 11.1 Å². The number of halogens is 1. The van der Waals surface area contributed by atoms with Gasteiger partial charge in [-0.3, -0.25) is 0 Å². The smallest absolute Gasteiger partial charge is 0.150 e. The summed E-state index contributed by atoms with van der Waals surface area (Å²) in [5.41, 5.74) is 7.80. The number of imidazole rings is 1. The lowest BCUT2D eigenvalue weighted by molar-refractivity contribution is 0.667. The summed E-state index contributed by atoms with van der Waals surface area (Å²) in [6, 6.07) is 16.7. The third kappa shape index (κ3) is 4.61. The van der Waals surface area contributed by atoms with Gasteiger partial charge in [-0.05, 0) is 30.0 Å². The SMILES string of the molecule is CCCCc1nc(Cl)c(C)n1Cc1ccc(-c2ccccc2C=NNN)cc1. The molecule has 146 valence electrons. The average molecular weight is 396 g/mol. The maximum Gasteiger partial charge on any atom is 0.150 e. The molecule has 0 unspecified atom stereocenters. The molecule has 0 spiro atoms. The standard InChI is InChI=1S/C22H26ClN5/c1-3-4-9-21-26-22(23)16(2)28(21)15-17-10-12-18(13-11-17)20-8-6-5-7-19(20)14-25-27-24/h5-8,10-14,27H,3-4,9,15,24H2,1-2H3. The van der Waals surface area contributed by atoms with E-state index in [-0.39, 0.29) is 0 Å². The minimum absolute atomic E-state index is 0.601. The summed E-state index contributed by atoms with van der Waals surface area (Å²) in [7, 11) is 0. The number of hydrogen-bond acceptors (Lipinski definition) is 4. The largest absolute Gasteiger partial charge is 0.326 e. The Morgan fingerprint density at radius 2 is 1.93 bits per heavy atom. The lowest BCUT2D eigenvalue weighted by atomic mass is 9.99. The molecule has 0 atom stereocenters. The second kappa shape index (κ2) is 9.53. The Morgan fingerprint density at radius 3 is 2.64 bits per heavy atom. The number of nitrogens with zero attached hydrogens (tertiary/aromatic N) is 3. The van der Waals surface area contributed by atoms with Crippen LogP contribution in [0.1, 0.15) is 42.4 Å². The van der Waals surface area contributed by atoms with Crippen molar-refractivity contribution in [2.45, 2.75) is 39.7 Å². The lowest BCUT2D eigenvalue weighted by Crippen LogP contribution is -2.13. The average Bonchev–Trinajstić information content (AvgIpc) is 2.99. The zero-order chi connectivity index (χ0) is 19.9. The van der Waals surface area contributed by atoms with Gasteiger partial charge in [-0.2, -0.15) is 5.10 Å². The molecule has 0 fully saturated rings. The van der Waals surface area contributed by atoms with E-state index in [0.717, 1.165) is 54.0 Å². The summed E-state index contributed by atoms with van der Waals surface area (Å²) in [5, 5.41) is 4.53. The predicted molar refractivity (Wildman–Crippen MR) is 116 cm³/mol. The molecule has 5 nitrogen and oxygen atoms in total. The van der Waals surface area contributed by atoms with Crippen LogP contribution in [0.4, 0.5) is 0 Å². The molecular formula is C22H26ClN5. The number of unbranched alkanes of at least 4 members (excludes halogenated alkanes) is 1. The van der Waals surface area contributed by atoms with Gasteiger partial charge in [0, 0.05) is 18.5 Å². The molecule has 0 aliphatic carbocycles. The fourth-order valence-electron chi connectivity index (χ4n) is 3.25. The van der Waals surface area contributed by atoms with Crippen LogP contribution in [0.5, 0.6) is 0 Å². The predicted octanol–water partition coefficient (Wildman–Crippen LogP) is 4.70. The van der Waals surface area contributed by atoms with E-state index in [1.54, 1.807) is 6.21 Å². The number of hydrazine groups is 1. The first-order valence-electron chi connectivity index (χ1n) is 9.52. The van der Waals surface area contributed by atoms with Crippen molar-refractivity contribution in [1.82, 2.24) is 15.1 Å². The first kappa shape index (κ1) is 20.1. The molecule has 28 heavy (non-hydrogen) atoms. The van der Waals surface area contributed by atoms with Gasteiger partial charge in [0.25, 0.3) is 0 Å². The maximum absolute atomic E-state index is 6.29. The van der Waals surface area contributed by atoms with E-state index in [1.165, 1.54) is 5.56 Å². The van der Waals surface area contributed by atoms with Gasteiger partial charge in [-0.1, -0.05) is 73.5 Å². The number of nitrogens with one attached hydrogen (secondary N) is 1. The zero-order valence-corrected chi connectivity index (χ0v) is 17.1. The van der Waals surface area contributed by atoms with E-state index in [4.69, 9.17) is 17.4 Å². The summed E-state index contributed by atoms with van der Waals surface area (Å²) in [6.45, 7) is 4.98. The number of nitrogens with two attached hydrogens (primary N) is 1. The molecule has 3 aromatic rings. The number of benzene rings is 2. The molecule has 0 amide bonds. The Morgan fingerprint density at radius 1 is 1.18 bits per heavy atom. The molecule has 0 saturated heterocycles. The van der Waals surface area contributed by atoms with E-state index in [0.29, 0.717) is 5.15 Å². The quantitative estimate of drug-likeness (QED) is 0.330. The van der Waals surface area contributed by atoms with Crippen LogP contribution >= 0.6 is 11.6 Å². The summed E-state index contributed by atoms with van der Waals surface area (Å²) in [6.07, 6.45) is 4.92. The van der Waals surface area contributed by atoms with Crippen LogP contribution in [0.25, 0.3) is 11.1 Å². The fourth-order valence-corrected chi connectivity index (χ4v) is 3.45. The second-order valence-corrected chi connectivity index (χ2v) is 7.12. The van der Waals surface area contributed by atoms with Crippen molar-refractivity contribution in [2.24, 2.45) is 10.9 Å². The van der Waals surface area contributed by atoms with Gasteiger partial charge in [-0.15, -0.1) is 0 Å². The van der Waals surface area contributed by atoms with Gasteiger partial charge >= 0.3 is 0 Å². The van der Waals surface area contributed by atoms with Crippen LogP contribution in [0.3, 0.4) is 0 Å². The van der Waals surface area contributed by atoms with Gasteiger partial charge in [0.05, 0.1) is 11.9 Å². The Kier molecular flexibility index (Phi) is 6.85. The summed E-state index contributed by atoms with van der Waals surface area (Å²) in [4.78, 5) is 4.55. The molecule has 2 aromatic carbocycles. The highest BCUT2D eigenvalue weighted by Crippen LogP contribution is 2.24. The molecule has 0 aliphatic rings. The summed E-state index contributed by atoms with van der Waals surface area (Å²) >= 11 is 6.29. The van der Waals surface area contributed by atoms with Crippen molar-refractivity contribution in [1.29, 1.82) is 0 Å². The topological polar surface area (TPSA) is 68.2 Å². The molecule has 0 radical (unpaired) electrons. The summed E-state index contributed by atoms with van der Waals surface area (Å²) < 4.78 is 2.22. The van der Waals surface area contributed by atoms with Crippen molar-refractivity contribution < 1.29 is 0 Å². The van der Waals surface area contributed by atoms with Crippen LogP contribution in [0, 0.1) is 6.92 Å². The first-order valence-corrected chi connectivity index (χ1v) is 9.90. The highest BCUT2D eigenvalue weighted by Gasteiger charge is 2.12. The van der Waals surface area contributed by atoms with E-state index in [1.807, 2.05) is 25.1 Å². The minimum atomic E-state index is 0.601. The molecule has 1 aromatic heterocycles. The monoisotopic (exact) mass is 395 g/mol. The Hall–Kier alpha value is -2.63. The number of aryl methyl sites for hydroxylation is 1. The summed E-state index contributed by atoms with van der Waals surface area (Å²) in [5.74, 6) is 6.31. The number of aromatic nitrogens is 2. The third-order valence-corrected chi connectivity index (χ3v) is 5.20. The van der Waals surface area contributed by atoms with Crippen molar-refractivity contribution in [2.75, 3.05) is 0 Å². The maximum atomic E-state index is 6.29. The van der Waals surface area contributed by atoms with E-state index in [9.17, 15) is 0 Å². The third-order valence-electron chi connectivity index (χ3n) is 4.84. The molecule has 3 rings (SSSR count). The van der Waals surface area contributed by atoms with Crippen molar-refractivity contribution in [3.05, 3.63) is 76.3 Å². The number of hydrazone groups is 1. The lowest BCUT2D eigenvalue weighted by Gasteiger charge is -2.11. The molecule has 3 N–H and O–H groups in total. The molecule has 6 heteroatoms. The van der Waals surface area contributed by atoms with Crippen LogP contribution in [-0.4, -0.2) is 15.8 Å². The van der Waals surface area contributed by atoms with Crippen molar-refractivity contribution >= 4 is 17.8 Å². The van der Waals surface area contributed by atoms with Crippen LogP contribution in [0.15, 0.2) is 53.6 Å². The normalized spacial score (nSPS) is 11.3. The number of rotatable bonds is 8. The Balaban J connectivity index is 1.84. The van der Waals surface area contributed by atoms with Crippen LogP contribution in [0.2, 0.25) is 5.15 Å². The molecular weight excluding hydrogens is 370 g/mol. The minimum Gasteiger partial charge on any atom is -0.326 e. The second-order valence-electron chi connectivity index (χ2n) is 6.77. The van der Waals surface area contributed by atoms with Gasteiger partial charge < -0.3 is 4.57 Å². The highest BCUT2D eigenvalue weighted by molar-refractivity contribution is 6.30. The number of hydrogen-bond donors (Lipinski definition) is 2. The van der Waals surface area contributed by atoms with Gasteiger partial charge in [-0.25, -0.2) is 16.4 Å². The van der Waals surface area contributed by atoms with E-state index < -0.39 is 0 Å². The Labute approximate surface area is 171 Å².